The number of methoxy groups -OCH3 is 1. The maximum Gasteiger partial charge on any atom is 0.187 e. The van der Waals surface area contributed by atoms with E-state index in [0.717, 1.165) is 5.56 Å². The highest BCUT2D eigenvalue weighted by Crippen LogP contribution is 2.34. The molecular formula is C16H23NO6S2. The van der Waals surface area contributed by atoms with E-state index in [1.165, 1.54) is 7.11 Å². The fourth-order valence-corrected chi connectivity index (χ4v) is 8.59. The van der Waals surface area contributed by atoms with Crippen molar-refractivity contribution in [1.29, 1.82) is 0 Å². The number of aryl methyl sites for hydroxylation is 1. The number of benzene rings is 1. The van der Waals surface area contributed by atoms with Gasteiger partial charge in [0, 0.05) is 19.1 Å². The highest BCUT2D eigenvalue weighted by Gasteiger charge is 2.49. The van der Waals surface area contributed by atoms with Gasteiger partial charge < -0.3 is 9.47 Å². The summed E-state index contributed by atoms with van der Waals surface area (Å²) in [6.07, 6.45) is 0. The van der Waals surface area contributed by atoms with E-state index in [1.807, 2.05) is 4.90 Å². The number of sulfone groups is 2. The first-order valence-corrected chi connectivity index (χ1v) is 11.5. The molecule has 2 aliphatic rings. The van der Waals surface area contributed by atoms with Crippen molar-refractivity contribution < 1.29 is 26.3 Å². The maximum absolute atomic E-state index is 13.3. The lowest BCUT2D eigenvalue weighted by molar-refractivity contribution is 0.0222. The zero-order valence-corrected chi connectivity index (χ0v) is 16.0. The van der Waals surface area contributed by atoms with Crippen LogP contribution in [0.15, 0.2) is 23.1 Å². The van der Waals surface area contributed by atoms with E-state index in [9.17, 15) is 16.8 Å². The van der Waals surface area contributed by atoms with E-state index in [1.54, 1.807) is 25.1 Å². The smallest absolute Gasteiger partial charge is 0.187 e. The Balaban J connectivity index is 2.03. The van der Waals surface area contributed by atoms with Gasteiger partial charge in [0.25, 0.3) is 0 Å². The van der Waals surface area contributed by atoms with Crippen LogP contribution in [-0.4, -0.2) is 77.9 Å². The summed E-state index contributed by atoms with van der Waals surface area (Å²) in [6, 6.07) is 4.37. The Kier molecular flexibility index (Phi) is 5.11. The molecule has 1 aromatic carbocycles. The second-order valence-electron chi connectivity index (χ2n) is 6.53. The summed E-state index contributed by atoms with van der Waals surface area (Å²) in [4.78, 5) is 1.99. The second kappa shape index (κ2) is 6.86. The Morgan fingerprint density at radius 3 is 2.52 bits per heavy atom. The van der Waals surface area contributed by atoms with Crippen LogP contribution in [0.4, 0.5) is 0 Å². The van der Waals surface area contributed by atoms with Crippen molar-refractivity contribution in [3.8, 4) is 5.75 Å². The first kappa shape index (κ1) is 18.6. The molecule has 0 aromatic heterocycles. The highest BCUT2D eigenvalue weighted by atomic mass is 32.2. The lowest BCUT2D eigenvalue weighted by Gasteiger charge is -2.34. The highest BCUT2D eigenvalue weighted by molar-refractivity contribution is 7.96. The van der Waals surface area contributed by atoms with Crippen LogP contribution in [0.3, 0.4) is 0 Å². The molecule has 25 heavy (non-hydrogen) atoms. The fraction of sp³-hybridized carbons (Fsp3) is 0.625. The van der Waals surface area contributed by atoms with E-state index < -0.39 is 31.0 Å². The second-order valence-corrected chi connectivity index (χ2v) is 10.8. The third-order valence-corrected chi connectivity index (χ3v) is 8.95. The zero-order chi connectivity index (χ0) is 18.2. The molecule has 0 bridgehead atoms. The van der Waals surface area contributed by atoms with Crippen molar-refractivity contribution in [2.45, 2.75) is 23.1 Å². The van der Waals surface area contributed by atoms with Crippen molar-refractivity contribution in [1.82, 2.24) is 4.90 Å². The average molecular weight is 389 g/mol. The van der Waals surface area contributed by atoms with E-state index in [0.29, 0.717) is 26.3 Å². The van der Waals surface area contributed by atoms with Crippen LogP contribution in [0.5, 0.6) is 5.75 Å². The lowest BCUT2D eigenvalue weighted by Crippen LogP contribution is -2.50. The third-order valence-electron chi connectivity index (χ3n) is 4.81. The van der Waals surface area contributed by atoms with Gasteiger partial charge in [-0.15, -0.1) is 0 Å². The molecule has 9 heteroatoms. The summed E-state index contributed by atoms with van der Waals surface area (Å²) < 4.78 is 61.6. The van der Waals surface area contributed by atoms with Gasteiger partial charge in [0.2, 0.25) is 0 Å². The molecule has 140 valence electrons. The van der Waals surface area contributed by atoms with Gasteiger partial charge >= 0.3 is 0 Å². The van der Waals surface area contributed by atoms with Crippen LogP contribution in [0, 0.1) is 6.92 Å². The summed E-state index contributed by atoms with van der Waals surface area (Å²) in [5.41, 5.74) is 0.781. The predicted octanol–water partition coefficient (Wildman–Crippen LogP) is 0.275. The summed E-state index contributed by atoms with van der Waals surface area (Å²) in [5.74, 6) is -0.241. The van der Waals surface area contributed by atoms with Gasteiger partial charge in [-0.25, -0.2) is 16.8 Å². The SMILES string of the molecule is COc1ccc(C)cc1S(=O)(=O)[C@@H]1CS(=O)(=O)C[C@@H]1N1CCOCC1. The number of hydrogen-bond acceptors (Lipinski definition) is 7. The Bertz CT molecular complexity index is 843. The van der Waals surface area contributed by atoms with Crippen LogP contribution in [0.1, 0.15) is 5.56 Å². The number of ether oxygens (including phenoxy) is 2. The normalized spacial score (nSPS) is 27.3. The molecule has 0 unspecified atom stereocenters. The van der Waals surface area contributed by atoms with Crippen LogP contribution >= 0.6 is 0 Å². The van der Waals surface area contributed by atoms with Crippen molar-refractivity contribution in [2.75, 3.05) is 44.9 Å². The molecule has 0 radical (unpaired) electrons. The van der Waals surface area contributed by atoms with E-state index in [4.69, 9.17) is 9.47 Å². The van der Waals surface area contributed by atoms with Gasteiger partial charge in [-0.2, -0.15) is 0 Å². The number of morpholine rings is 1. The van der Waals surface area contributed by atoms with Crippen molar-refractivity contribution in [3.05, 3.63) is 23.8 Å². The maximum atomic E-state index is 13.3. The molecule has 2 atom stereocenters. The van der Waals surface area contributed by atoms with Crippen molar-refractivity contribution in [2.24, 2.45) is 0 Å². The molecule has 2 heterocycles. The van der Waals surface area contributed by atoms with Gasteiger partial charge in [0.15, 0.2) is 19.7 Å². The first-order valence-electron chi connectivity index (χ1n) is 8.15. The average Bonchev–Trinajstić information content (AvgIpc) is 2.92. The van der Waals surface area contributed by atoms with Crippen molar-refractivity contribution >= 4 is 19.7 Å². The third kappa shape index (κ3) is 3.69. The molecule has 0 aliphatic carbocycles. The van der Waals surface area contributed by atoms with Gasteiger partial charge in [0.1, 0.15) is 10.6 Å². The molecule has 0 spiro atoms. The van der Waals surface area contributed by atoms with Crippen LogP contribution in [0.2, 0.25) is 0 Å². The molecule has 1 aromatic rings. The molecule has 3 rings (SSSR count). The van der Waals surface area contributed by atoms with Gasteiger partial charge in [0.05, 0.1) is 37.1 Å². The van der Waals surface area contributed by atoms with Gasteiger partial charge in [-0.1, -0.05) is 6.07 Å². The van der Waals surface area contributed by atoms with Crippen LogP contribution in [0.25, 0.3) is 0 Å². The summed E-state index contributed by atoms with van der Waals surface area (Å²) in [5, 5.41) is -0.994. The lowest BCUT2D eigenvalue weighted by atomic mass is 10.2. The zero-order valence-electron chi connectivity index (χ0n) is 14.3. The summed E-state index contributed by atoms with van der Waals surface area (Å²) in [6.45, 7) is 3.84. The molecule has 0 amide bonds. The van der Waals surface area contributed by atoms with Gasteiger partial charge in [-0.05, 0) is 24.6 Å². The monoisotopic (exact) mass is 389 g/mol. The Morgan fingerprint density at radius 1 is 1.20 bits per heavy atom. The fourth-order valence-electron chi connectivity index (χ4n) is 3.51. The van der Waals surface area contributed by atoms with Crippen molar-refractivity contribution in [3.63, 3.8) is 0 Å². The number of hydrogen-bond donors (Lipinski definition) is 0. The van der Waals surface area contributed by atoms with Gasteiger partial charge in [-0.3, -0.25) is 4.90 Å². The predicted molar refractivity (Wildman–Crippen MR) is 93.5 cm³/mol. The van der Waals surface area contributed by atoms with Crippen LogP contribution in [-0.2, 0) is 24.4 Å². The standard InChI is InChI=1S/C16H23NO6S2/c1-12-3-4-14(22-2)15(9-12)25(20,21)16-11-24(18,19)10-13(16)17-5-7-23-8-6-17/h3-4,9,13,16H,5-8,10-11H2,1-2H3/t13-,16+/m0/s1. The number of rotatable bonds is 4. The summed E-state index contributed by atoms with van der Waals surface area (Å²) in [7, 11) is -5.87. The molecule has 2 fully saturated rings. The van der Waals surface area contributed by atoms with E-state index in [2.05, 4.69) is 0 Å². The Hall–Kier alpha value is -1.16. The molecule has 7 nitrogen and oxygen atoms in total. The topological polar surface area (TPSA) is 90.0 Å². The molecule has 0 N–H and O–H groups in total. The largest absolute Gasteiger partial charge is 0.495 e. The quantitative estimate of drug-likeness (QED) is 0.730. The minimum atomic E-state index is -3.86. The van der Waals surface area contributed by atoms with E-state index >= 15 is 0 Å². The van der Waals surface area contributed by atoms with Crippen LogP contribution < -0.4 is 4.74 Å². The molecule has 0 saturated carbocycles. The Morgan fingerprint density at radius 2 is 1.88 bits per heavy atom. The summed E-state index contributed by atoms with van der Waals surface area (Å²) >= 11 is 0. The molecule has 2 aliphatic heterocycles. The molecular weight excluding hydrogens is 366 g/mol. The van der Waals surface area contributed by atoms with E-state index in [-0.39, 0.29) is 22.2 Å². The molecule has 2 saturated heterocycles. The Labute approximate surface area is 148 Å². The first-order chi connectivity index (χ1) is 11.7. The minimum Gasteiger partial charge on any atom is -0.495 e. The number of nitrogens with zero attached hydrogens (tertiary/aromatic N) is 1. The minimum absolute atomic E-state index is 0.0651.